The highest BCUT2D eigenvalue weighted by molar-refractivity contribution is 9.10. The van der Waals surface area contributed by atoms with Gasteiger partial charge >= 0.3 is 0 Å². The Morgan fingerprint density at radius 2 is 1.90 bits per heavy atom. The summed E-state index contributed by atoms with van der Waals surface area (Å²) >= 11 is 4.95. The number of hydrogen-bond acceptors (Lipinski definition) is 3. The molecular weight excluding hydrogens is 348 g/mol. The number of carbonyl (C=O) groups is 1. The molecule has 112 valence electrons. The number of nitrogen functional groups attached to an aromatic ring is 1. The molecule has 1 heterocycles. The van der Waals surface area contributed by atoms with E-state index < -0.39 is 0 Å². The van der Waals surface area contributed by atoms with E-state index in [-0.39, 0.29) is 22.8 Å². The predicted octanol–water partition coefficient (Wildman–Crippen LogP) is 4.41. The summed E-state index contributed by atoms with van der Waals surface area (Å²) in [5.41, 5.74) is 7.00. The Hall–Kier alpha value is -1.07. The molecule has 3 nitrogen and oxygen atoms in total. The van der Waals surface area contributed by atoms with Crippen molar-refractivity contribution < 1.29 is 4.79 Å². The first-order valence-corrected chi connectivity index (χ1v) is 8.56. The number of hydrogen-bond donors (Lipinski definition) is 2. The van der Waals surface area contributed by atoms with Crippen molar-refractivity contribution in [2.45, 2.75) is 33.7 Å². The molecule has 2 aromatic rings. The molecule has 3 N–H and O–H groups in total. The van der Waals surface area contributed by atoms with Gasteiger partial charge in [-0.05, 0) is 23.0 Å². The van der Waals surface area contributed by atoms with Crippen LogP contribution in [0.4, 0.5) is 5.69 Å². The Bertz CT molecular complexity index is 734. The maximum Gasteiger partial charge on any atom is 0.263 e. The Morgan fingerprint density at radius 1 is 1.29 bits per heavy atom. The summed E-state index contributed by atoms with van der Waals surface area (Å²) in [5, 5.41) is 4.08. The normalized spacial score (nSPS) is 19.7. The van der Waals surface area contributed by atoms with E-state index in [0.717, 1.165) is 14.6 Å². The molecule has 1 aromatic carbocycles. The van der Waals surface area contributed by atoms with Crippen molar-refractivity contribution in [3.05, 3.63) is 27.5 Å². The molecule has 0 radical (unpaired) electrons. The molecule has 1 aliphatic rings. The number of nitrogens with two attached hydrogens (primary N) is 1. The molecule has 5 heteroatoms. The van der Waals surface area contributed by atoms with Crippen LogP contribution in [-0.4, -0.2) is 11.9 Å². The minimum atomic E-state index is -0.0655. The molecule has 21 heavy (non-hydrogen) atoms. The van der Waals surface area contributed by atoms with Gasteiger partial charge in [0.1, 0.15) is 4.88 Å². The standard InChI is InChI=1S/C16H19BrN2OS/c1-15(2)14(16(15,3)4)19-13(20)12-11(18)10-8(17)6-5-7-9(10)21-12/h5-7,14H,18H2,1-4H3,(H,19,20). The molecule has 0 bridgehead atoms. The van der Waals surface area contributed by atoms with E-state index in [0.29, 0.717) is 10.6 Å². The van der Waals surface area contributed by atoms with Crippen LogP contribution in [0.1, 0.15) is 37.4 Å². The van der Waals surface area contributed by atoms with Crippen LogP contribution in [0.5, 0.6) is 0 Å². The van der Waals surface area contributed by atoms with Crippen LogP contribution < -0.4 is 11.1 Å². The summed E-state index contributed by atoms with van der Waals surface area (Å²) in [6.45, 7) is 8.73. The molecule has 0 saturated heterocycles. The summed E-state index contributed by atoms with van der Waals surface area (Å²) in [6.07, 6.45) is 0. The maximum atomic E-state index is 12.6. The van der Waals surface area contributed by atoms with Crippen LogP contribution in [0, 0.1) is 10.8 Å². The number of benzene rings is 1. The fourth-order valence-electron chi connectivity index (χ4n) is 3.05. The first-order chi connectivity index (χ1) is 9.68. The SMILES string of the molecule is CC1(C)C(NC(=O)c2sc3cccc(Br)c3c2N)C1(C)C. The first-order valence-electron chi connectivity index (χ1n) is 6.95. The minimum absolute atomic E-state index is 0.0655. The number of amides is 1. The van der Waals surface area contributed by atoms with Crippen LogP contribution >= 0.6 is 27.3 Å². The molecule has 0 spiro atoms. The zero-order chi connectivity index (χ0) is 15.6. The van der Waals surface area contributed by atoms with Gasteiger partial charge in [0.2, 0.25) is 0 Å². The second-order valence-electron chi connectivity index (χ2n) is 6.81. The third kappa shape index (κ3) is 2.01. The van der Waals surface area contributed by atoms with Gasteiger partial charge < -0.3 is 11.1 Å². The van der Waals surface area contributed by atoms with E-state index in [1.165, 1.54) is 11.3 Å². The highest BCUT2D eigenvalue weighted by Gasteiger charge is 2.65. The minimum Gasteiger partial charge on any atom is -0.397 e. The third-order valence-corrected chi connectivity index (χ3v) is 7.03. The molecule has 0 unspecified atom stereocenters. The summed E-state index contributed by atoms with van der Waals surface area (Å²) in [4.78, 5) is 13.2. The second-order valence-corrected chi connectivity index (χ2v) is 8.71. The zero-order valence-electron chi connectivity index (χ0n) is 12.6. The van der Waals surface area contributed by atoms with Gasteiger partial charge in [0, 0.05) is 20.6 Å². The van der Waals surface area contributed by atoms with Crippen molar-refractivity contribution in [2.24, 2.45) is 10.8 Å². The van der Waals surface area contributed by atoms with Gasteiger partial charge in [0.15, 0.2) is 0 Å². The molecular formula is C16H19BrN2OS. The van der Waals surface area contributed by atoms with Crippen molar-refractivity contribution in [2.75, 3.05) is 5.73 Å². The van der Waals surface area contributed by atoms with E-state index in [2.05, 4.69) is 48.9 Å². The van der Waals surface area contributed by atoms with E-state index in [1.54, 1.807) is 0 Å². The van der Waals surface area contributed by atoms with Gasteiger partial charge in [-0.3, -0.25) is 4.79 Å². The number of thiophene rings is 1. The highest BCUT2D eigenvalue weighted by atomic mass is 79.9. The lowest BCUT2D eigenvalue weighted by molar-refractivity contribution is 0.0948. The number of rotatable bonds is 2. The van der Waals surface area contributed by atoms with Crippen molar-refractivity contribution in [1.82, 2.24) is 5.32 Å². The highest BCUT2D eigenvalue weighted by Crippen LogP contribution is 2.62. The molecule has 1 aliphatic carbocycles. The topological polar surface area (TPSA) is 55.1 Å². The van der Waals surface area contributed by atoms with Gasteiger partial charge in [0.05, 0.1) is 5.69 Å². The van der Waals surface area contributed by atoms with Gasteiger partial charge in [-0.15, -0.1) is 11.3 Å². The summed E-state index contributed by atoms with van der Waals surface area (Å²) < 4.78 is 1.96. The largest absolute Gasteiger partial charge is 0.397 e. The smallest absolute Gasteiger partial charge is 0.263 e. The van der Waals surface area contributed by atoms with Gasteiger partial charge in [0.25, 0.3) is 5.91 Å². The number of fused-ring (bicyclic) bond motifs is 1. The molecule has 3 rings (SSSR count). The quantitative estimate of drug-likeness (QED) is 0.826. The fraction of sp³-hybridized carbons (Fsp3) is 0.438. The van der Waals surface area contributed by atoms with Gasteiger partial charge in [-0.1, -0.05) is 49.7 Å². The Morgan fingerprint density at radius 3 is 2.43 bits per heavy atom. The molecule has 1 amide bonds. The number of halogens is 1. The molecule has 1 fully saturated rings. The Kier molecular flexibility index (Phi) is 3.16. The third-order valence-electron chi connectivity index (χ3n) is 5.20. The lowest BCUT2D eigenvalue weighted by Gasteiger charge is -2.06. The van der Waals surface area contributed by atoms with Crippen molar-refractivity contribution in [3.8, 4) is 0 Å². The van der Waals surface area contributed by atoms with Crippen LogP contribution in [0.2, 0.25) is 0 Å². The van der Waals surface area contributed by atoms with Gasteiger partial charge in [-0.2, -0.15) is 0 Å². The maximum absolute atomic E-state index is 12.6. The number of anilines is 1. The summed E-state index contributed by atoms with van der Waals surface area (Å²) in [6, 6.07) is 6.07. The van der Waals surface area contributed by atoms with Crippen molar-refractivity contribution >= 4 is 48.9 Å². The molecule has 1 aromatic heterocycles. The van der Waals surface area contributed by atoms with Gasteiger partial charge in [-0.25, -0.2) is 0 Å². The van der Waals surface area contributed by atoms with Crippen molar-refractivity contribution in [3.63, 3.8) is 0 Å². The molecule has 0 atom stereocenters. The van der Waals surface area contributed by atoms with Crippen LogP contribution in [-0.2, 0) is 0 Å². The monoisotopic (exact) mass is 366 g/mol. The lowest BCUT2D eigenvalue weighted by atomic mass is 10.0. The molecule has 1 saturated carbocycles. The first kappa shape index (κ1) is 14.9. The zero-order valence-corrected chi connectivity index (χ0v) is 15.0. The number of nitrogens with one attached hydrogen (secondary N) is 1. The summed E-state index contributed by atoms with van der Waals surface area (Å²) in [5.74, 6) is -0.0655. The predicted molar refractivity (Wildman–Crippen MR) is 92.8 cm³/mol. The average Bonchev–Trinajstić information content (AvgIpc) is 2.71. The van der Waals surface area contributed by atoms with Crippen LogP contribution in [0.3, 0.4) is 0 Å². The number of carbonyl (C=O) groups excluding carboxylic acids is 1. The Labute approximate surface area is 137 Å². The van der Waals surface area contributed by atoms with Crippen LogP contribution in [0.25, 0.3) is 10.1 Å². The summed E-state index contributed by atoms with van der Waals surface area (Å²) in [7, 11) is 0. The molecule has 0 aliphatic heterocycles. The lowest BCUT2D eigenvalue weighted by Crippen LogP contribution is -2.29. The Balaban J connectivity index is 1.93. The second kappa shape index (κ2) is 4.46. The average molecular weight is 367 g/mol. The van der Waals surface area contributed by atoms with E-state index in [9.17, 15) is 4.79 Å². The van der Waals surface area contributed by atoms with Crippen molar-refractivity contribution in [1.29, 1.82) is 0 Å². The van der Waals surface area contributed by atoms with E-state index in [1.807, 2.05) is 18.2 Å². The van der Waals surface area contributed by atoms with Crippen LogP contribution in [0.15, 0.2) is 22.7 Å². The fourth-order valence-corrected chi connectivity index (χ4v) is 4.81. The van der Waals surface area contributed by atoms with E-state index in [4.69, 9.17) is 5.73 Å². The van der Waals surface area contributed by atoms with E-state index >= 15 is 0 Å².